The zero-order valence-electron chi connectivity index (χ0n) is 24.1. The first-order valence-electron chi connectivity index (χ1n) is 14.9. The first-order chi connectivity index (χ1) is 20.4. The van der Waals surface area contributed by atoms with E-state index in [4.69, 9.17) is 4.74 Å². The van der Waals surface area contributed by atoms with E-state index in [1.54, 1.807) is 6.20 Å². The Morgan fingerprint density at radius 3 is 2.74 bits per heavy atom. The lowest BCUT2D eigenvalue weighted by Crippen LogP contribution is -2.40. The predicted octanol–water partition coefficient (Wildman–Crippen LogP) is 4.65. The molecule has 218 valence electrons. The Labute approximate surface area is 244 Å². The van der Waals surface area contributed by atoms with Gasteiger partial charge < -0.3 is 29.7 Å². The number of carbonyl (C=O) groups is 1. The maximum absolute atomic E-state index is 16.2. The summed E-state index contributed by atoms with van der Waals surface area (Å²) in [6.07, 6.45) is 5.54. The Bertz CT molecular complexity index is 1750. The van der Waals surface area contributed by atoms with E-state index in [-0.39, 0.29) is 10.9 Å². The molecule has 2 fully saturated rings. The average molecular weight is 570 g/mol. The van der Waals surface area contributed by atoms with Crippen LogP contribution >= 0.6 is 0 Å². The Morgan fingerprint density at radius 2 is 1.95 bits per heavy atom. The van der Waals surface area contributed by atoms with Crippen molar-refractivity contribution >= 4 is 33.3 Å². The van der Waals surface area contributed by atoms with Crippen LogP contribution in [-0.4, -0.2) is 68.2 Å². The highest BCUT2D eigenvalue weighted by atomic mass is 19.1. The van der Waals surface area contributed by atoms with E-state index in [1.807, 2.05) is 55.1 Å². The summed E-state index contributed by atoms with van der Waals surface area (Å²) in [6, 6.07) is 13.5. The maximum Gasteiger partial charge on any atom is 0.256 e. The first kappa shape index (κ1) is 26.9. The van der Waals surface area contributed by atoms with Crippen LogP contribution in [0, 0.1) is 11.7 Å². The summed E-state index contributed by atoms with van der Waals surface area (Å²) >= 11 is 0. The van der Waals surface area contributed by atoms with Gasteiger partial charge in [-0.1, -0.05) is 24.3 Å². The van der Waals surface area contributed by atoms with Gasteiger partial charge in [0.2, 0.25) is 5.43 Å². The first-order valence-corrected chi connectivity index (χ1v) is 14.9. The van der Waals surface area contributed by atoms with E-state index in [1.165, 1.54) is 6.07 Å². The number of ether oxygens (including phenoxy) is 1. The number of fused-ring (bicyclic) bond motifs is 4. The summed E-state index contributed by atoms with van der Waals surface area (Å²) in [5.41, 5.74) is 1.07. The normalized spacial score (nSPS) is 19.2. The molecule has 2 N–H and O–H groups in total. The average Bonchev–Trinajstić information content (AvgIpc) is 3.40. The molecule has 9 heteroatoms. The van der Waals surface area contributed by atoms with Crippen molar-refractivity contribution in [2.45, 2.75) is 31.7 Å². The lowest BCUT2D eigenvalue weighted by molar-refractivity contribution is 0.0951. The van der Waals surface area contributed by atoms with Crippen molar-refractivity contribution < 1.29 is 13.9 Å². The van der Waals surface area contributed by atoms with Gasteiger partial charge in [0.1, 0.15) is 16.8 Å². The van der Waals surface area contributed by atoms with Crippen LogP contribution in [0.5, 0.6) is 11.5 Å². The molecule has 0 saturated carbocycles. The highest BCUT2D eigenvalue weighted by molar-refractivity contribution is 6.02. The third kappa shape index (κ3) is 4.61. The number of halogens is 1. The molecule has 42 heavy (non-hydrogen) atoms. The van der Waals surface area contributed by atoms with Gasteiger partial charge in [-0.15, -0.1) is 0 Å². The van der Waals surface area contributed by atoms with Gasteiger partial charge in [-0.2, -0.15) is 0 Å². The fourth-order valence-electron chi connectivity index (χ4n) is 6.83. The van der Waals surface area contributed by atoms with Crippen molar-refractivity contribution in [1.29, 1.82) is 0 Å². The standard InChI is InChI=1S/C33H36FN5O3/c1-37(2)13-6-5-11-36-33(41)24-18-39-27-14-20-8-3-4-9-21(20)15-28(27)42-32-29(39)23(31(24)40)16-25(34)30(32)38-17-22-10-7-12-35-26(22)19-38/h3-4,8-9,14-16,18,22,26,35H,5-7,10-13,17,19H2,1-2H3,(H,36,41). The molecule has 3 aromatic carbocycles. The number of anilines is 1. The molecular formula is C33H36FN5O3. The minimum absolute atomic E-state index is 0.00869. The van der Waals surface area contributed by atoms with Crippen LogP contribution < -0.4 is 25.7 Å². The quantitative estimate of drug-likeness (QED) is 0.278. The number of carbonyl (C=O) groups excluding carboxylic acids is 1. The molecule has 4 heterocycles. The van der Waals surface area contributed by atoms with Crippen LogP contribution in [0.4, 0.5) is 10.1 Å². The van der Waals surface area contributed by atoms with Crippen LogP contribution in [0.25, 0.3) is 27.4 Å². The van der Waals surface area contributed by atoms with Gasteiger partial charge in [-0.3, -0.25) is 9.59 Å². The van der Waals surface area contributed by atoms with Gasteiger partial charge in [0.05, 0.1) is 11.1 Å². The van der Waals surface area contributed by atoms with Crippen molar-refractivity contribution in [1.82, 2.24) is 20.1 Å². The van der Waals surface area contributed by atoms with Crippen LogP contribution in [0.1, 0.15) is 36.0 Å². The molecule has 0 aliphatic carbocycles. The second kappa shape index (κ2) is 10.7. The van der Waals surface area contributed by atoms with E-state index in [0.717, 1.165) is 56.1 Å². The third-order valence-electron chi connectivity index (χ3n) is 8.95. The van der Waals surface area contributed by atoms with Crippen LogP contribution in [0.2, 0.25) is 0 Å². The number of benzene rings is 3. The Kier molecular flexibility index (Phi) is 6.86. The molecular weight excluding hydrogens is 533 g/mol. The molecule has 2 unspecified atom stereocenters. The molecule has 2 atom stereocenters. The minimum Gasteiger partial charge on any atom is -0.451 e. The maximum atomic E-state index is 16.2. The van der Waals surface area contributed by atoms with E-state index < -0.39 is 17.2 Å². The van der Waals surface area contributed by atoms with Gasteiger partial charge in [0.25, 0.3) is 5.91 Å². The fourth-order valence-corrected chi connectivity index (χ4v) is 6.83. The van der Waals surface area contributed by atoms with Crippen LogP contribution in [0.3, 0.4) is 0 Å². The molecule has 0 spiro atoms. The van der Waals surface area contributed by atoms with E-state index in [0.29, 0.717) is 53.4 Å². The van der Waals surface area contributed by atoms with Gasteiger partial charge in [0, 0.05) is 31.9 Å². The molecule has 4 aromatic rings. The number of nitrogens with one attached hydrogen (secondary N) is 2. The van der Waals surface area contributed by atoms with Crippen LogP contribution in [-0.2, 0) is 0 Å². The van der Waals surface area contributed by atoms with Gasteiger partial charge in [-0.05, 0) is 87.8 Å². The number of rotatable bonds is 7. The number of hydrogen-bond acceptors (Lipinski definition) is 6. The minimum atomic E-state index is -0.509. The molecule has 1 aromatic heterocycles. The fraction of sp³-hybridized carbons (Fsp3) is 0.394. The number of piperidine rings is 1. The number of aromatic nitrogens is 1. The number of pyridine rings is 1. The van der Waals surface area contributed by atoms with Crippen molar-refractivity contribution in [2.24, 2.45) is 5.92 Å². The van der Waals surface area contributed by atoms with E-state index >= 15 is 4.39 Å². The predicted molar refractivity (Wildman–Crippen MR) is 164 cm³/mol. The summed E-state index contributed by atoms with van der Waals surface area (Å²) in [6.45, 7) is 3.74. The molecule has 1 amide bonds. The number of unbranched alkanes of at least 4 members (excludes halogenated alkanes) is 1. The Morgan fingerprint density at radius 1 is 1.14 bits per heavy atom. The second-order valence-electron chi connectivity index (χ2n) is 12.1. The van der Waals surface area contributed by atoms with Gasteiger partial charge >= 0.3 is 0 Å². The van der Waals surface area contributed by atoms with Crippen LogP contribution in [0.15, 0.2) is 53.5 Å². The highest BCUT2D eigenvalue weighted by Gasteiger charge is 2.38. The van der Waals surface area contributed by atoms with Crippen molar-refractivity contribution in [3.63, 3.8) is 0 Å². The third-order valence-corrected chi connectivity index (χ3v) is 8.95. The van der Waals surface area contributed by atoms with Crippen molar-refractivity contribution in [2.75, 3.05) is 51.7 Å². The van der Waals surface area contributed by atoms with E-state index in [2.05, 4.69) is 20.4 Å². The molecule has 0 bridgehead atoms. The molecule has 8 nitrogen and oxygen atoms in total. The lowest BCUT2D eigenvalue weighted by atomic mass is 9.94. The Balaban J connectivity index is 1.36. The second-order valence-corrected chi connectivity index (χ2v) is 12.1. The van der Waals surface area contributed by atoms with E-state index in [9.17, 15) is 9.59 Å². The SMILES string of the molecule is CN(C)CCCCNC(=O)c1cn2c3c(c(N4CC5CCCNC5C4)c(F)cc3c1=O)Oc1cc3ccccc3cc1-2. The largest absolute Gasteiger partial charge is 0.451 e. The smallest absolute Gasteiger partial charge is 0.256 e. The van der Waals surface area contributed by atoms with Crippen molar-refractivity contribution in [3.8, 4) is 17.2 Å². The summed E-state index contributed by atoms with van der Waals surface area (Å²) in [5, 5.41) is 8.62. The number of nitrogens with zero attached hydrogens (tertiary/aromatic N) is 3. The Hall–Kier alpha value is -3.95. The zero-order chi connectivity index (χ0) is 29.0. The summed E-state index contributed by atoms with van der Waals surface area (Å²) in [7, 11) is 4.02. The molecule has 3 aliphatic heterocycles. The number of amides is 1. The van der Waals surface area contributed by atoms with Crippen molar-refractivity contribution in [3.05, 3.63) is 70.3 Å². The summed E-state index contributed by atoms with van der Waals surface area (Å²) in [4.78, 5) is 31.3. The topological polar surface area (TPSA) is 78.8 Å². The molecule has 7 rings (SSSR count). The van der Waals surface area contributed by atoms with Gasteiger partial charge in [-0.25, -0.2) is 4.39 Å². The summed E-state index contributed by atoms with van der Waals surface area (Å²) < 4.78 is 24.5. The molecule has 0 radical (unpaired) electrons. The van der Waals surface area contributed by atoms with Gasteiger partial charge in [0.15, 0.2) is 17.3 Å². The molecule has 3 aliphatic rings. The zero-order valence-corrected chi connectivity index (χ0v) is 24.1. The molecule has 2 saturated heterocycles. The highest BCUT2D eigenvalue weighted by Crippen LogP contribution is 2.48. The summed E-state index contributed by atoms with van der Waals surface area (Å²) in [5.74, 6) is 0.365. The lowest BCUT2D eigenvalue weighted by Gasteiger charge is -2.29. The number of hydrogen-bond donors (Lipinski definition) is 2. The monoisotopic (exact) mass is 569 g/mol.